The Labute approximate surface area is 133 Å². The lowest BCUT2D eigenvalue weighted by atomic mass is 10.2. The molecule has 0 unspecified atom stereocenters. The normalized spacial score (nSPS) is 10.6. The highest BCUT2D eigenvalue weighted by Gasteiger charge is 2.01. The molecule has 112 valence electrons. The Morgan fingerprint density at radius 3 is 2.82 bits per heavy atom. The van der Waals surface area contributed by atoms with Crippen LogP contribution in [0, 0.1) is 6.92 Å². The van der Waals surface area contributed by atoms with Crippen LogP contribution in [-0.4, -0.2) is 32.0 Å². The maximum Gasteiger partial charge on any atom is 0.173 e. The third-order valence-corrected chi connectivity index (χ3v) is 4.07. The molecule has 0 saturated carbocycles. The van der Waals surface area contributed by atoms with E-state index in [1.807, 2.05) is 24.0 Å². The van der Waals surface area contributed by atoms with E-state index >= 15 is 0 Å². The number of aryl methyl sites for hydroxylation is 1. The first-order chi connectivity index (χ1) is 10.8. The molecule has 6 heteroatoms. The standard InChI is InChI=1S/C16H17N5S/c1-13-3-5-14(6-4-13)22-10-8-18-15-11-17-12-16(20-15)21-9-2-7-19-21/h2-7,9,11-12H,8,10H2,1H3,(H,18,20). The Balaban J connectivity index is 1.51. The van der Waals surface area contributed by atoms with Crippen molar-refractivity contribution in [1.29, 1.82) is 0 Å². The number of thioether (sulfide) groups is 1. The van der Waals surface area contributed by atoms with Gasteiger partial charge in [0.25, 0.3) is 0 Å². The molecule has 0 aliphatic rings. The number of nitrogens with one attached hydrogen (secondary N) is 1. The van der Waals surface area contributed by atoms with Gasteiger partial charge in [0, 0.05) is 29.6 Å². The Morgan fingerprint density at radius 2 is 2.05 bits per heavy atom. The van der Waals surface area contributed by atoms with Crippen LogP contribution in [0.3, 0.4) is 0 Å². The predicted molar refractivity (Wildman–Crippen MR) is 89.5 cm³/mol. The molecule has 5 nitrogen and oxygen atoms in total. The summed E-state index contributed by atoms with van der Waals surface area (Å²) in [5.41, 5.74) is 1.29. The third kappa shape index (κ3) is 3.85. The lowest BCUT2D eigenvalue weighted by Crippen LogP contribution is -2.08. The molecule has 0 aliphatic heterocycles. The van der Waals surface area contributed by atoms with Gasteiger partial charge in [-0.2, -0.15) is 5.10 Å². The van der Waals surface area contributed by atoms with E-state index in [1.165, 1.54) is 10.5 Å². The predicted octanol–water partition coefficient (Wildman–Crippen LogP) is 3.17. The zero-order valence-electron chi connectivity index (χ0n) is 12.3. The van der Waals surface area contributed by atoms with Crippen molar-refractivity contribution in [2.45, 2.75) is 11.8 Å². The van der Waals surface area contributed by atoms with E-state index in [1.54, 1.807) is 23.3 Å². The van der Waals surface area contributed by atoms with Crippen molar-refractivity contribution >= 4 is 17.6 Å². The fraction of sp³-hybridized carbons (Fsp3) is 0.188. The van der Waals surface area contributed by atoms with Gasteiger partial charge in [0.1, 0.15) is 5.82 Å². The van der Waals surface area contributed by atoms with Crippen LogP contribution >= 0.6 is 11.8 Å². The number of rotatable bonds is 6. The van der Waals surface area contributed by atoms with Crippen LogP contribution < -0.4 is 5.32 Å². The summed E-state index contributed by atoms with van der Waals surface area (Å²) >= 11 is 1.82. The van der Waals surface area contributed by atoms with E-state index in [0.717, 1.165) is 18.1 Å². The average molecular weight is 311 g/mol. The number of anilines is 1. The minimum absolute atomic E-state index is 0.709. The Kier molecular flexibility index (Phi) is 4.70. The minimum Gasteiger partial charge on any atom is -0.368 e. The van der Waals surface area contributed by atoms with Gasteiger partial charge in [0.15, 0.2) is 5.82 Å². The Hall–Kier alpha value is -2.34. The minimum atomic E-state index is 0.709. The van der Waals surface area contributed by atoms with Gasteiger partial charge in [0.05, 0.1) is 12.4 Å². The van der Waals surface area contributed by atoms with Gasteiger partial charge < -0.3 is 5.32 Å². The van der Waals surface area contributed by atoms with Crippen LogP contribution in [0.5, 0.6) is 0 Å². The van der Waals surface area contributed by atoms with E-state index in [9.17, 15) is 0 Å². The molecule has 0 fully saturated rings. The van der Waals surface area contributed by atoms with Crippen LogP contribution in [0.25, 0.3) is 5.82 Å². The fourth-order valence-electron chi connectivity index (χ4n) is 1.94. The molecule has 0 spiro atoms. The van der Waals surface area contributed by atoms with Gasteiger partial charge in [-0.05, 0) is 25.1 Å². The summed E-state index contributed by atoms with van der Waals surface area (Å²) in [7, 11) is 0. The molecule has 0 aliphatic carbocycles. The summed E-state index contributed by atoms with van der Waals surface area (Å²) in [6.45, 7) is 2.93. The summed E-state index contributed by atoms with van der Waals surface area (Å²) in [6.07, 6.45) is 6.99. The molecule has 0 bridgehead atoms. The summed E-state index contributed by atoms with van der Waals surface area (Å²) in [5, 5.41) is 7.45. The Morgan fingerprint density at radius 1 is 1.18 bits per heavy atom. The molecule has 2 heterocycles. The monoisotopic (exact) mass is 311 g/mol. The average Bonchev–Trinajstić information content (AvgIpc) is 3.08. The number of benzene rings is 1. The molecular formula is C16H17N5S. The fourth-order valence-corrected chi connectivity index (χ4v) is 2.71. The number of aromatic nitrogens is 4. The van der Waals surface area contributed by atoms with Gasteiger partial charge >= 0.3 is 0 Å². The van der Waals surface area contributed by atoms with E-state index in [-0.39, 0.29) is 0 Å². The molecular weight excluding hydrogens is 294 g/mol. The lowest BCUT2D eigenvalue weighted by molar-refractivity contribution is 0.838. The van der Waals surface area contributed by atoms with Crippen LogP contribution in [0.15, 0.2) is 60.0 Å². The van der Waals surface area contributed by atoms with Crippen molar-refractivity contribution < 1.29 is 0 Å². The zero-order chi connectivity index (χ0) is 15.2. The molecule has 0 saturated heterocycles. The SMILES string of the molecule is Cc1ccc(SCCNc2cncc(-n3cccn3)n2)cc1. The van der Waals surface area contributed by atoms with Crippen molar-refractivity contribution in [3.05, 3.63) is 60.7 Å². The summed E-state index contributed by atoms with van der Waals surface area (Å²) in [4.78, 5) is 9.96. The van der Waals surface area contributed by atoms with Crippen LogP contribution in [-0.2, 0) is 0 Å². The molecule has 2 aromatic heterocycles. The van der Waals surface area contributed by atoms with Gasteiger partial charge in [-0.3, -0.25) is 4.98 Å². The summed E-state index contributed by atoms with van der Waals surface area (Å²) in [5.74, 6) is 2.44. The highest BCUT2D eigenvalue weighted by molar-refractivity contribution is 7.99. The zero-order valence-corrected chi connectivity index (χ0v) is 13.1. The quantitative estimate of drug-likeness (QED) is 0.560. The van der Waals surface area contributed by atoms with Crippen molar-refractivity contribution in [2.75, 3.05) is 17.6 Å². The van der Waals surface area contributed by atoms with Crippen LogP contribution in [0.1, 0.15) is 5.56 Å². The second-order valence-electron chi connectivity index (χ2n) is 4.80. The Bertz CT molecular complexity index is 710. The van der Waals surface area contributed by atoms with Gasteiger partial charge in [-0.1, -0.05) is 17.7 Å². The third-order valence-electron chi connectivity index (χ3n) is 3.06. The van der Waals surface area contributed by atoms with Crippen molar-refractivity contribution in [3.63, 3.8) is 0 Å². The largest absolute Gasteiger partial charge is 0.368 e. The number of nitrogens with zero attached hydrogens (tertiary/aromatic N) is 4. The maximum absolute atomic E-state index is 4.49. The molecule has 3 rings (SSSR count). The molecule has 1 aromatic carbocycles. The first-order valence-corrected chi connectivity index (χ1v) is 8.05. The molecule has 0 radical (unpaired) electrons. The smallest absolute Gasteiger partial charge is 0.173 e. The van der Waals surface area contributed by atoms with Crippen molar-refractivity contribution in [2.24, 2.45) is 0 Å². The summed E-state index contributed by atoms with van der Waals surface area (Å²) in [6, 6.07) is 10.4. The van der Waals surface area contributed by atoms with Crippen molar-refractivity contribution in [1.82, 2.24) is 19.7 Å². The first-order valence-electron chi connectivity index (χ1n) is 7.07. The van der Waals surface area contributed by atoms with E-state index in [2.05, 4.69) is 51.6 Å². The summed E-state index contributed by atoms with van der Waals surface area (Å²) < 4.78 is 1.69. The molecule has 0 atom stereocenters. The first kappa shape index (κ1) is 14.6. The number of hydrogen-bond acceptors (Lipinski definition) is 5. The second kappa shape index (κ2) is 7.09. The molecule has 3 aromatic rings. The van der Waals surface area contributed by atoms with Gasteiger partial charge in [-0.15, -0.1) is 11.8 Å². The van der Waals surface area contributed by atoms with Gasteiger partial charge in [0.2, 0.25) is 0 Å². The van der Waals surface area contributed by atoms with E-state index < -0.39 is 0 Å². The highest BCUT2D eigenvalue weighted by Crippen LogP contribution is 2.18. The van der Waals surface area contributed by atoms with Gasteiger partial charge in [-0.25, -0.2) is 9.67 Å². The molecule has 1 N–H and O–H groups in total. The van der Waals surface area contributed by atoms with E-state index in [4.69, 9.17) is 0 Å². The molecule has 0 amide bonds. The maximum atomic E-state index is 4.49. The van der Waals surface area contributed by atoms with Crippen molar-refractivity contribution in [3.8, 4) is 5.82 Å². The molecule has 22 heavy (non-hydrogen) atoms. The topological polar surface area (TPSA) is 55.6 Å². The van der Waals surface area contributed by atoms with E-state index in [0.29, 0.717) is 5.82 Å². The number of hydrogen-bond donors (Lipinski definition) is 1. The van der Waals surface area contributed by atoms with Crippen LogP contribution in [0.2, 0.25) is 0 Å². The highest BCUT2D eigenvalue weighted by atomic mass is 32.2. The lowest BCUT2D eigenvalue weighted by Gasteiger charge is -2.07. The van der Waals surface area contributed by atoms with Crippen LogP contribution in [0.4, 0.5) is 5.82 Å². The second-order valence-corrected chi connectivity index (χ2v) is 5.97.